The lowest BCUT2D eigenvalue weighted by atomic mass is 10.1. The Hall–Kier alpha value is -2.00. The molecule has 150 valence electrons. The average Bonchev–Trinajstić information content (AvgIpc) is 3.09. The molecule has 2 saturated heterocycles. The zero-order valence-electron chi connectivity index (χ0n) is 15.4. The number of carbonyl (C=O) groups is 1. The average molecular weight is 407 g/mol. The fraction of sp³-hybridized carbons (Fsp3) is 0.526. The lowest BCUT2D eigenvalue weighted by Gasteiger charge is -2.29. The van der Waals surface area contributed by atoms with Gasteiger partial charge in [-0.15, -0.1) is 0 Å². The molecule has 2 aromatic rings. The number of morpholine rings is 1. The number of nitrogens with one attached hydrogen (secondary N) is 1. The number of hydrogen-bond acceptors (Lipinski definition) is 7. The molecule has 0 unspecified atom stereocenters. The highest BCUT2D eigenvalue weighted by atomic mass is 35.5. The minimum Gasteiger partial charge on any atom is -0.391 e. The molecule has 1 aromatic carbocycles. The van der Waals surface area contributed by atoms with Crippen LogP contribution in [0, 0.1) is 0 Å². The summed E-state index contributed by atoms with van der Waals surface area (Å²) in [4.78, 5) is 31.6. The van der Waals surface area contributed by atoms with E-state index in [0.717, 1.165) is 18.8 Å². The van der Waals surface area contributed by atoms with Crippen molar-refractivity contribution in [2.75, 3.05) is 37.7 Å². The summed E-state index contributed by atoms with van der Waals surface area (Å²) in [7, 11) is 0. The van der Waals surface area contributed by atoms with Gasteiger partial charge >= 0.3 is 0 Å². The van der Waals surface area contributed by atoms with Crippen LogP contribution in [-0.4, -0.2) is 65.4 Å². The van der Waals surface area contributed by atoms with E-state index in [9.17, 15) is 14.7 Å². The number of halogens is 1. The molecule has 0 radical (unpaired) electrons. The molecule has 0 saturated carbocycles. The highest BCUT2D eigenvalue weighted by molar-refractivity contribution is 6.34. The molecule has 0 spiro atoms. The zero-order chi connectivity index (χ0) is 19.7. The number of rotatable bonds is 5. The molecule has 4 rings (SSSR count). The van der Waals surface area contributed by atoms with Gasteiger partial charge in [-0.25, -0.2) is 4.98 Å². The van der Waals surface area contributed by atoms with E-state index < -0.39 is 6.10 Å². The van der Waals surface area contributed by atoms with Crippen molar-refractivity contribution < 1.29 is 14.6 Å². The van der Waals surface area contributed by atoms with Crippen molar-refractivity contribution >= 4 is 34.0 Å². The Balaban J connectivity index is 1.56. The number of Topliss-reactive ketones (excluding diaryl/α,β-unsaturated/α-hetero) is 1. The van der Waals surface area contributed by atoms with Gasteiger partial charge < -0.3 is 20.1 Å². The fourth-order valence-corrected chi connectivity index (χ4v) is 4.07. The normalized spacial score (nSPS) is 22.7. The van der Waals surface area contributed by atoms with Crippen LogP contribution in [0.2, 0.25) is 5.02 Å². The van der Waals surface area contributed by atoms with Crippen molar-refractivity contribution in [1.82, 2.24) is 14.9 Å². The maximum absolute atomic E-state index is 12.8. The standard InChI is InChI=1S/C19H23ClN4O4/c20-14-8-13-15(9-17(14)23-3-5-28-6-4-23)22-11-24(19(13)27)10-12(25)7-16-18(26)1-2-21-16/h8-9,11,16,18,21,26H,1-7,10H2/t16-,18+/m0/s1. The first kappa shape index (κ1) is 19.3. The Morgan fingerprint density at radius 3 is 2.86 bits per heavy atom. The summed E-state index contributed by atoms with van der Waals surface area (Å²) < 4.78 is 6.67. The van der Waals surface area contributed by atoms with Crippen molar-refractivity contribution in [3.05, 3.63) is 33.8 Å². The Bertz CT molecular complexity index is 941. The maximum atomic E-state index is 12.8. The van der Waals surface area contributed by atoms with Crippen LogP contribution in [0.3, 0.4) is 0 Å². The molecule has 28 heavy (non-hydrogen) atoms. The van der Waals surface area contributed by atoms with Crippen LogP contribution in [0.25, 0.3) is 10.9 Å². The summed E-state index contributed by atoms with van der Waals surface area (Å²) in [5.41, 5.74) is 1.08. The molecule has 9 heteroatoms. The molecule has 2 atom stereocenters. The number of aromatic nitrogens is 2. The predicted molar refractivity (Wildman–Crippen MR) is 106 cm³/mol. The van der Waals surface area contributed by atoms with Crippen LogP contribution in [0.5, 0.6) is 0 Å². The van der Waals surface area contributed by atoms with E-state index in [-0.39, 0.29) is 30.3 Å². The van der Waals surface area contributed by atoms with E-state index in [2.05, 4.69) is 15.2 Å². The monoisotopic (exact) mass is 406 g/mol. The second kappa shape index (κ2) is 8.16. The van der Waals surface area contributed by atoms with Crippen molar-refractivity contribution in [1.29, 1.82) is 0 Å². The first-order chi connectivity index (χ1) is 13.5. The second-order valence-electron chi connectivity index (χ2n) is 7.26. The molecule has 8 nitrogen and oxygen atoms in total. The Morgan fingerprint density at radius 1 is 1.36 bits per heavy atom. The molecule has 0 aliphatic carbocycles. The number of nitrogens with zero attached hydrogens (tertiary/aromatic N) is 3. The number of hydrogen-bond donors (Lipinski definition) is 2. The highest BCUT2D eigenvalue weighted by Crippen LogP contribution is 2.29. The second-order valence-corrected chi connectivity index (χ2v) is 7.66. The van der Waals surface area contributed by atoms with E-state index in [4.69, 9.17) is 16.3 Å². The van der Waals surface area contributed by atoms with Gasteiger partial charge in [-0.2, -0.15) is 0 Å². The van der Waals surface area contributed by atoms with Crippen molar-refractivity contribution in [2.24, 2.45) is 0 Å². The van der Waals surface area contributed by atoms with Gasteiger partial charge in [0.15, 0.2) is 5.78 Å². The molecule has 2 fully saturated rings. The van der Waals surface area contributed by atoms with Crippen LogP contribution in [0.1, 0.15) is 12.8 Å². The van der Waals surface area contributed by atoms with Crippen molar-refractivity contribution in [3.8, 4) is 0 Å². The number of aliphatic hydroxyl groups is 1. The zero-order valence-corrected chi connectivity index (χ0v) is 16.2. The molecule has 0 bridgehead atoms. The van der Waals surface area contributed by atoms with E-state index in [0.29, 0.717) is 42.1 Å². The number of benzene rings is 1. The number of ether oxygens (including phenoxy) is 1. The van der Waals surface area contributed by atoms with Gasteiger partial charge in [0.2, 0.25) is 0 Å². The molecular formula is C19H23ClN4O4. The van der Waals surface area contributed by atoms with E-state index in [1.54, 1.807) is 6.07 Å². The summed E-state index contributed by atoms with van der Waals surface area (Å²) in [6.07, 6.45) is 1.70. The molecule has 3 heterocycles. The van der Waals surface area contributed by atoms with Crippen LogP contribution < -0.4 is 15.8 Å². The molecule has 2 N–H and O–H groups in total. The number of anilines is 1. The Morgan fingerprint density at radius 2 is 2.14 bits per heavy atom. The number of aliphatic hydroxyl groups excluding tert-OH is 1. The molecule has 1 aromatic heterocycles. The van der Waals surface area contributed by atoms with E-state index >= 15 is 0 Å². The van der Waals surface area contributed by atoms with Gasteiger partial charge in [-0.3, -0.25) is 14.2 Å². The molecular weight excluding hydrogens is 384 g/mol. The predicted octanol–water partition coefficient (Wildman–Crippen LogP) is 0.568. The van der Waals surface area contributed by atoms with Crippen LogP contribution >= 0.6 is 11.6 Å². The maximum Gasteiger partial charge on any atom is 0.261 e. The highest BCUT2D eigenvalue weighted by Gasteiger charge is 2.27. The first-order valence-corrected chi connectivity index (χ1v) is 9.85. The van der Waals surface area contributed by atoms with Gasteiger partial charge in [0.1, 0.15) is 0 Å². The smallest absolute Gasteiger partial charge is 0.261 e. The quantitative estimate of drug-likeness (QED) is 0.749. The minimum absolute atomic E-state index is 0.0739. The van der Waals surface area contributed by atoms with Crippen LogP contribution in [0.15, 0.2) is 23.3 Å². The van der Waals surface area contributed by atoms with Crippen LogP contribution in [-0.2, 0) is 16.1 Å². The van der Waals surface area contributed by atoms with Gasteiger partial charge in [0.05, 0.1) is 53.8 Å². The molecule has 2 aliphatic heterocycles. The van der Waals surface area contributed by atoms with E-state index in [1.165, 1.54) is 10.9 Å². The summed E-state index contributed by atoms with van der Waals surface area (Å²) in [5, 5.41) is 13.8. The first-order valence-electron chi connectivity index (χ1n) is 9.47. The summed E-state index contributed by atoms with van der Waals surface area (Å²) in [6.45, 7) is 3.36. The number of fused-ring (bicyclic) bond motifs is 1. The summed E-state index contributed by atoms with van der Waals surface area (Å²) >= 11 is 6.43. The van der Waals surface area contributed by atoms with Gasteiger partial charge in [-0.1, -0.05) is 11.6 Å². The summed E-state index contributed by atoms with van der Waals surface area (Å²) in [6, 6.07) is 3.19. The van der Waals surface area contributed by atoms with E-state index in [1.807, 2.05) is 6.07 Å². The Kier molecular flexibility index (Phi) is 5.63. The third-order valence-corrected chi connectivity index (χ3v) is 5.65. The number of carbonyl (C=O) groups excluding carboxylic acids is 1. The summed E-state index contributed by atoms with van der Waals surface area (Å²) in [5.74, 6) is -0.127. The van der Waals surface area contributed by atoms with Crippen molar-refractivity contribution in [3.63, 3.8) is 0 Å². The SMILES string of the molecule is O=C(C[C@@H]1NCC[C@H]1O)Cn1cnc2cc(N3CCOCC3)c(Cl)cc2c1=O. The van der Waals surface area contributed by atoms with Gasteiger partial charge in [-0.05, 0) is 25.1 Å². The van der Waals surface area contributed by atoms with Gasteiger partial charge in [0.25, 0.3) is 5.56 Å². The van der Waals surface area contributed by atoms with Crippen LogP contribution in [0.4, 0.5) is 5.69 Å². The Labute approximate surface area is 167 Å². The minimum atomic E-state index is -0.521. The largest absolute Gasteiger partial charge is 0.391 e. The van der Waals surface area contributed by atoms with Crippen molar-refractivity contribution in [2.45, 2.75) is 31.5 Å². The number of ketones is 1. The third kappa shape index (κ3) is 3.91. The topological polar surface area (TPSA) is 96.7 Å². The third-order valence-electron chi connectivity index (χ3n) is 5.35. The molecule has 2 aliphatic rings. The molecule has 0 amide bonds. The fourth-order valence-electron chi connectivity index (χ4n) is 3.79. The lowest BCUT2D eigenvalue weighted by molar-refractivity contribution is -0.120. The lowest BCUT2D eigenvalue weighted by Crippen LogP contribution is -2.36. The van der Waals surface area contributed by atoms with Gasteiger partial charge in [0, 0.05) is 25.6 Å².